The van der Waals surface area contributed by atoms with Gasteiger partial charge in [0.25, 0.3) is 0 Å². The van der Waals surface area contributed by atoms with E-state index in [1.807, 2.05) is 12.2 Å². The van der Waals surface area contributed by atoms with Crippen LogP contribution in [-0.4, -0.2) is 26.2 Å². The fourth-order valence-electron chi connectivity index (χ4n) is 1.92. The first-order valence-corrected chi connectivity index (χ1v) is 7.69. The van der Waals surface area contributed by atoms with Gasteiger partial charge in [0.15, 0.2) is 0 Å². The van der Waals surface area contributed by atoms with Gasteiger partial charge in [-0.3, -0.25) is 0 Å². The Bertz CT molecular complexity index is 407. The largest absolute Gasteiger partial charge is 0.492 e. The lowest BCUT2D eigenvalue weighted by atomic mass is 10.2. The highest BCUT2D eigenvalue weighted by atomic mass is 127. The number of hydrogen-bond donors (Lipinski definition) is 1. The molecule has 0 bridgehead atoms. The summed E-state index contributed by atoms with van der Waals surface area (Å²) in [5.41, 5.74) is 1.27. The van der Waals surface area contributed by atoms with Crippen LogP contribution in [0.5, 0.6) is 5.75 Å². The molecule has 19 heavy (non-hydrogen) atoms. The Labute approximate surface area is 130 Å². The van der Waals surface area contributed by atoms with Gasteiger partial charge < -0.3 is 9.64 Å². The van der Waals surface area contributed by atoms with Gasteiger partial charge in [-0.2, -0.15) is 0 Å². The lowest BCUT2D eigenvalue weighted by molar-refractivity contribution is -0.888. The number of benzene rings is 1. The second kappa shape index (κ2) is 9.15. The first-order valence-electron chi connectivity index (χ1n) is 6.61. The maximum absolute atomic E-state index is 5.83. The molecule has 0 aliphatic rings. The molecule has 0 atom stereocenters. The van der Waals surface area contributed by atoms with Crippen LogP contribution < -0.4 is 9.64 Å². The van der Waals surface area contributed by atoms with Crippen molar-refractivity contribution in [3.8, 4) is 5.75 Å². The Morgan fingerprint density at radius 1 is 1.26 bits per heavy atom. The third-order valence-corrected chi connectivity index (χ3v) is 3.73. The molecule has 0 unspecified atom stereocenters. The highest BCUT2D eigenvalue weighted by Gasteiger charge is 2.05. The van der Waals surface area contributed by atoms with Gasteiger partial charge in [-0.1, -0.05) is 19.2 Å². The van der Waals surface area contributed by atoms with E-state index in [1.54, 1.807) is 0 Å². The Balaban J connectivity index is 2.33. The minimum Gasteiger partial charge on any atom is -0.492 e. The Morgan fingerprint density at radius 2 is 1.95 bits per heavy atom. The number of hydrogen-bond acceptors (Lipinski definition) is 1. The number of halogens is 1. The number of rotatable bonds is 9. The molecular formula is C16H23INO+. The van der Waals surface area contributed by atoms with E-state index in [9.17, 15) is 0 Å². The van der Waals surface area contributed by atoms with Crippen LogP contribution >= 0.6 is 22.6 Å². The lowest BCUT2D eigenvalue weighted by Gasteiger charge is -2.16. The molecule has 1 rings (SSSR count). The van der Waals surface area contributed by atoms with Gasteiger partial charge in [0.05, 0.1) is 29.8 Å². The third kappa shape index (κ3) is 6.25. The monoisotopic (exact) mass is 372 g/mol. The second-order valence-corrected chi connectivity index (χ2v) is 5.78. The fourth-order valence-corrected chi connectivity index (χ4v) is 2.75. The standard InChI is InChI=1S/C16H22INO/c1-4-9-18(10-5-2)11-6-12-19-16-8-7-14(3)13-15(16)17/h4-5,7-8,13H,1-2,6,9-12H2,3H3/p+1. The van der Waals surface area contributed by atoms with E-state index in [0.717, 1.165) is 38.4 Å². The molecule has 0 radical (unpaired) electrons. The van der Waals surface area contributed by atoms with Crippen LogP contribution in [-0.2, 0) is 0 Å². The van der Waals surface area contributed by atoms with Gasteiger partial charge in [0.1, 0.15) is 5.75 Å². The number of quaternary nitrogens is 1. The highest BCUT2D eigenvalue weighted by Crippen LogP contribution is 2.21. The molecule has 0 aromatic heterocycles. The molecule has 104 valence electrons. The van der Waals surface area contributed by atoms with Crippen molar-refractivity contribution in [1.29, 1.82) is 0 Å². The summed E-state index contributed by atoms with van der Waals surface area (Å²) in [4.78, 5) is 1.48. The van der Waals surface area contributed by atoms with Crippen molar-refractivity contribution in [3.05, 3.63) is 52.6 Å². The van der Waals surface area contributed by atoms with Crippen molar-refractivity contribution >= 4 is 22.6 Å². The number of ether oxygens (including phenoxy) is 1. The Hall–Kier alpha value is -0.810. The molecule has 1 aromatic rings. The Morgan fingerprint density at radius 3 is 2.53 bits per heavy atom. The van der Waals surface area contributed by atoms with Crippen molar-refractivity contribution in [3.63, 3.8) is 0 Å². The summed E-state index contributed by atoms with van der Waals surface area (Å²) in [6.07, 6.45) is 4.96. The summed E-state index contributed by atoms with van der Waals surface area (Å²) in [5.74, 6) is 0.986. The summed E-state index contributed by atoms with van der Waals surface area (Å²) < 4.78 is 7.01. The van der Waals surface area contributed by atoms with E-state index >= 15 is 0 Å². The zero-order chi connectivity index (χ0) is 14.1. The minimum atomic E-state index is 0.761. The minimum absolute atomic E-state index is 0.761. The topological polar surface area (TPSA) is 13.7 Å². The molecule has 0 amide bonds. The van der Waals surface area contributed by atoms with Gasteiger partial charge in [0.2, 0.25) is 0 Å². The molecule has 0 fully saturated rings. The van der Waals surface area contributed by atoms with E-state index in [1.165, 1.54) is 14.0 Å². The lowest BCUT2D eigenvalue weighted by Crippen LogP contribution is -3.11. The van der Waals surface area contributed by atoms with Crippen LogP contribution in [0.2, 0.25) is 0 Å². The van der Waals surface area contributed by atoms with E-state index < -0.39 is 0 Å². The molecule has 0 saturated heterocycles. The van der Waals surface area contributed by atoms with Crippen molar-refractivity contribution in [2.24, 2.45) is 0 Å². The van der Waals surface area contributed by atoms with Crippen LogP contribution in [0.15, 0.2) is 43.5 Å². The number of aryl methyl sites for hydroxylation is 1. The van der Waals surface area contributed by atoms with Crippen molar-refractivity contribution in [2.75, 3.05) is 26.2 Å². The maximum atomic E-state index is 5.83. The zero-order valence-corrected chi connectivity index (χ0v) is 13.8. The van der Waals surface area contributed by atoms with Crippen LogP contribution in [0.3, 0.4) is 0 Å². The molecule has 0 spiro atoms. The second-order valence-electron chi connectivity index (χ2n) is 4.62. The van der Waals surface area contributed by atoms with Crippen LogP contribution in [0.1, 0.15) is 12.0 Å². The summed E-state index contributed by atoms with van der Waals surface area (Å²) in [6, 6.07) is 6.28. The smallest absolute Gasteiger partial charge is 0.132 e. The van der Waals surface area contributed by atoms with E-state index in [4.69, 9.17) is 4.74 Å². The summed E-state index contributed by atoms with van der Waals surface area (Å²) in [6.45, 7) is 13.5. The van der Waals surface area contributed by atoms with Crippen molar-refractivity contribution in [2.45, 2.75) is 13.3 Å². The van der Waals surface area contributed by atoms with Crippen molar-refractivity contribution in [1.82, 2.24) is 0 Å². The molecule has 0 saturated carbocycles. The van der Waals surface area contributed by atoms with E-state index in [-0.39, 0.29) is 0 Å². The fraction of sp³-hybridized carbons (Fsp3) is 0.375. The maximum Gasteiger partial charge on any atom is 0.132 e. The number of nitrogens with one attached hydrogen (secondary N) is 1. The predicted octanol–water partition coefficient (Wildman–Crippen LogP) is 2.63. The first-order chi connectivity index (χ1) is 9.17. The van der Waals surface area contributed by atoms with Gasteiger partial charge in [0, 0.05) is 6.42 Å². The Kier molecular flexibility index (Phi) is 7.82. The summed E-state index contributed by atoms with van der Waals surface area (Å²) in [5, 5.41) is 0. The molecule has 1 aromatic carbocycles. The first kappa shape index (κ1) is 16.2. The normalized spacial score (nSPS) is 10.5. The van der Waals surface area contributed by atoms with Crippen molar-refractivity contribution < 1.29 is 9.64 Å². The quantitative estimate of drug-likeness (QED) is 0.400. The van der Waals surface area contributed by atoms with E-state index in [2.05, 4.69) is 60.9 Å². The predicted molar refractivity (Wildman–Crippen MR) is 90.0 cm³/mol. The molecule has 1 N–H and O–H groups in total. The van der Waals surface area contributed by atoms with Crippen LogP contribution in [0.25, 0.3) is 0 Å². The SMILES string of the molecule is C=CC[NH+](CC=C)CCCOc1ccc(C)cc1I. The average molecular weight is 372 g/mol. The molecule has 0 heterocycles. The molecule has 0 aliphatic heterocycles. The van der Waals surface area contributed by atoms with E-state index in [0.29, 0.717) is 0 Å². The molecule has 0 aliphatic carbocycles. The van der Waals surface area contributed by atoms with Gasteiger partial charge in [-0.15, -0.1) is 0 Å². The van der Waals surface area contributed by atoms with Gasteiger partial charge in [-0.25, -0.2) is 0 Å². The summed E-state index contributed by atoms with van der Waals surface area (Å²) >= 11 is 2.32. The molecule has 2 nitrogen and oxygen atoms in total. The highest BCUT2D eigenvalue weighted by molar-refractivity contribution is 14.1. The zero-order valence-electron chi connectivity index (χ0n) is 11.6. The molecule has 3 heteroatoms. The third-order valence-electron chi connectivity index (χ3n) is 2.89. The summed E-state index contributed by atoms with van der Waals surface area (Å²) in [7, 11) is 0. The van der Waals surface area contributed by atoms with Gasteiger partial charge in [-0.05, 0) is 59.4 Å². The average Bonchev–Trinajstić information content (AvgIpc) is 2.37. The molecular weight excluding hydrogens is 349 g/mol. The van der Waals surface area contributed by atoms with Crippen LogP contribution in [0, 0.1) is 10.5 Å². The van der Waals surface area contributed by atoms with Gasteiger partial charge >= 0.3 is 0 Å². The van der Waals surface area contributed by atoms with Crippen LogP contribution in [0.4, 0.5) is 0 Å².